The first-order valence-corrected chi connectivity index (χ1v) is 5.15. The second kappa shape index (κ2) is 5.73. The van der Waals surface area contributed by atoms with Crippen LogP contribution in [0, 0.1) is 5.92 Å². The van der Waals surface area contributed by atoms with Crippen molar-refractivity contribution >= 4 is 17.6 Å². The van der Waals surface area contributed by atoms with E-state index < -0.39 is 5.97 Å². The van der Waals surface area contributed by atoms with E-state index >= 15 is 0 Å². The van der Waals surface area contributed by atoms with Gasteiger partial charge >= 0.3 is 5.97 Å². The molecule has 0 heterocycles. The van der Waals surface area contributed by atoms with Gasteiger partial charge in [-0.2, -0.15) is 0 Å². The first-order valence-electron chi connectivity index (χ1n) is 4.77. The number of benzene rings is 1. The summed E-state index contributed by atoms with van der Waals surface area (Å²) in [6.07, 6.45) is 0. The molecular formula is C11H14ClNO2. The molecule has 0 bridgehead atoms. The number of carboxylic acids is 1. The van der Waals surface area contributed by atoms with Crippen LogP contribution in [0.4, 0.5) is 0 Å². The predicted molar refractivity (Wildman–Crippen MR) is 60.0 cm³/mol. The van der Waals surface area contributed by atoms with Gasteiger partial charge in [-0.3, -0.25) is 4.79 Å². The van der Waals surface area contributed by atoms with E-state index in [-0.39, 0.29) is 5.92 Å². The maximum absolute atomic E-state index is 10.5. The van der Waals surface area contributed by atoms with Crippen molar-refractivity contribution < 1.29 is 9.90 Å². The van der Waals surface area contributed by atoms with Gasteiger partial charge in [-0.05, 0) is 17.7 Å². The lowest BCUT2D eigenvalue weighted by Crippen LogP contribution is -2.25. The quantitative estimate of drug-likeness (QED) is 0.811. The highest BCUT2D eigenvalue weighted by molar-refractivity contribution is 6.30. The standard InChI is InChI=1S/C11H14ClNO2/c1-8(11(14)15)6-13-7-9-2-4-10(12)5-3-9/h2-5,8,13H,6-7H2,1H3,(H,14,15). The van der Waals surface area contributed by atoms with Crippen molar-refractivity contribution in [1.29, 1.82) is 0 Å². The van der Waals surface area contributed by atoms with Gasteiger partial charge in [-0.25, -0.2) is 0 Å². The summed E-state index contributed by atoms with van der Waals surface area (Å²) in [5.74, 6) is -1.14. The lowest BCUT2D eigenvalue weighted by Gasteiger charge is -2.08. The highest BCUT2D eigenvalue weighted by Gasteiger charge is 2.09. The van der Waals surface area contributed by atoms with Crippen molar-refractivity contribution in [2.75, 3.05) is 6.54 Å². The summed E-state index contributed by atoms with van der Waals surface area (Å²) in [5, 5.41) is 12.4. The van der Waals surface area contributed by atoms with Crippen molar-refractivity contribution in [2.24, 2.45) is 5.92 Å². The van der Waals surface area contributed by atoms with Gasteiger partial charge < -0.3 is 10.4 Å². The number of aliphatic carboxylic acids is 1. The highest BCUT2D eigenvalue weighted by Crippen LogP contribution is 2.09. The average Bonchev–Trinajstić information content (AvgIpc) is 2.20. The smallest absolute Gasteiger partial charge is 0.307 e. The Labute approximate surface area is 94.1 Å². The van der Waals surface area contributed by atoms with E-state index in [9.17, 15) is 4.79 Å². The second-order valence-corrected chi connectivity index (χ2v) is 3.93. The third-order valence-electron chi connectivity index (χ3n) is 2.11. The van der Waals surface area contributed by atoms with E-state index in [1.165, 1.54) is 0 Å². The largest absolute Gasteiger partial charge is 0.481 e. The van der Waals surface area contributed by atoms with Gasteiger partial charge in [0.05, 0.1) is 5.92 Å². The van der Waals surface area contributed by atoms with Crippen LogP contribution >= 0.6 is 11.6 Å². The number of nitrogens with one attached hydrogen (secondary N) is 1. The van der Waals surface area contributed by atoms with Crippen LogP contribution in [0.1, 0.15) is 12.5 Å². The molecule has 0 spiro atoms. The molecule has 1 unspecified atom stereocenters. The molecule has 0 fully saturated rings. The predicted octanol–water partition coefficient (Wildman–Crippen LogP) is 2.15. The summed E-state index contributed by atoms with van der Waals surface area (Å²) in [6, 6.07) is 7.47. The molecule has 0 radical (unpaired) electrons. The maximum Gasteiger partial charge on any atom is 0.307 e. The van der Waals surface area contributed by atoms with Crippen LogP contribution in [0.25, 0.3) is 0 Å². The van der Waals surface area contributed by atoms with Crippen LogP contribution in [-0.4, -0.2) is 17.6 Å². The summed E-state index contributed by atoms with van der Waals surface area (Å²) in [6.45, 7) is 2.81. The molecule has 15 heavy (non-hydrogen) atoms. The fourth-order valence-electron chi connectivity index (χ4n) is 1.12. The Balaban J connectivity index is 2.32. The molecule has 82 valence electrons. The summed E-state index contributed by atoms with van der Waals surface area (Å²) < 4.78 is 0. The molecule has 0 aliphatic rings. The Morgan fingerprint density at radius 1 is 1.47 bits per heavy atom. The number of halogens is 1. The average molecular weight is 228 g/mol. The monoisotopic (exact) mass is 227 g/mol. The summed E-state index contributed by atoms with van der Waals surface area (Å²) >= 11 is 5.74. The van der Waals surface area contributed by atoms with E-state index in [1.807, 2.05) is 24.3 Å². The van der Waals surface area contributed by atoms with Crippen molar-refractivity contribution in [2.45, 2.75) is 13.5 Å². The Bertz CT molecular complexity index is 324. The summed E-state index contributed by atoms with van der Waals surface area (Å²) in [7, 11) is 0. The normalized spacial score (nSPS) is 12.4. The Morgan fingerprint density at radius 3 is 2.60 bits per heavy atom. The van der Waals surface area contributed by atoms with Crippen molar-refractivity contribution in [1.82, 2.24) is 5.32 Å². The van der Waals surface area contributed by atoms with Crippen molar-refractivity contribution in [3.05, 3.63) is 34.9 Å². The van der Waals surface area contributed by atoms with Gasteiger partial charge in [0.2, 0.25) is 0 Å². The molecule has 0 aliphatic heterocycles. The highest BCUT2D eigenvalue weighted by atomic mass is 35.5. The van der Waals surface area contributed by atoms with Crippen LogP contribution in [0.15, 0.2) is 24.3 Å². The molecule has 0 amide bonds. The van der Waals surface area contributed by atoms with E-state index in [0.717, 1.165) is 5.56 Å². The fourth-order valence-corrected chi connectivity index (χ4v) is 1.25. The first-order chi connectivity index (χ1) is 7.09. The van der Waals surface area contributed by atoms with Gasteiger partial charge in [0.15, 0.2) is 0 Å². The van der Waals surface area contributed by atoms with E-state index in [1.54, 1.807) is 6.92 Å². The summed E-state index contributed by atoms with van der Waals surface area (Å²) in [4.78, 5) is 10.5. The van der Waals surface area contributed by atoms with Crippen molar-refractivity contribution in [3.8, 4) is 0 Å². The minimum atomic E-state index is -0.779. The lowest BCUT2D eigenvalue weighted by molar-refractivity contribution is -0.140. The Hall–Kier alpha value is -1.06. The van der Waals surface area contributed by atoms with Gasteiger partial charge in [0.25, 0.3) is 0 Å². The molecule has 0 saturated heterocycles. The first kappa shape index (κ1) is 12.0. The number of carbonyl (C=O) groups is 1. The molecule has 1 rings (SSSR count). The summed E-state index contributed by atoms with van der Waals surface area (Å²) in [5.41, 5.74) is 1.09. The molecule has 1 aromatic rings. The van der Waals surface area contributed by atoms with Crippen LogP contribution in [0.3, 0.4) is 0 Å². The molecule has 1 aromatic carbocycles. The lowest BCUT2D eigenvalue weighted by atomic mass is 10.2. The number of hydrogen-bond donors (Lipinski definition) is 2. The fraction of sp³-hybridized carbons (Fsp3) is 0.364. The van der Waals surface area contributed by atoms with E-state index in [4.69, 9.17) is 16.7 Å². The minimum absolute atomic E-state index is 0.364. The number of carboxylic acid groups (broad SMARTS) is 1. The Morgan fingerprint density at radius 2 is 2.07 bits per heavy atom. The second-order valence-electron chi connectivity index (χ2n) is 3.50. The topological polar surface area (TPSA) is 49.3 Å². The van der Waals surface area contributed by atoms with E-state index in [2.05, 4.69) is 5.32 Å². The Kier molecular flexibility index (Phi) is 4.59. The van der Waals surface area contributed by atoms with E-state index in [0.29, 0.717) is 18.1 Å². The minimum Gasteiger partial charge on any atom is -0.481 e. The maximum atomic E-state index is 10.5. The molecule has 0 aliphatic carbocycles. The van der Waals surface area contributed by atoms with Gasteiger partial charge in [-0.15, -0.1) is 0 Å². The van der Waals surface area contributed by atoms with Gasteiger partial charge in [-0.1, -0.05) is 30.7 Å². The number of rotatable bonds is 5. The third-order valence-corrected chi connectivity index (χ3v) is 2.37. The molecular weight excluding hydrogens is 214 g/mol. The molecule has 1 atom stereocenters. The molecule has 0 saturated carbocycles. The van der Waals surface area contributed by atoms with Gasteiger partial charge in [0.1, 0.15) is 0 Å². The third kappa shape index (κ3) is 4.32. The van der Waals surface area contributed by atoms with Crippen LogP contribution in [0.2, 0.25) is 5.02 Å². The van der Waals surface area contributed by atoms with Crippen LogP contribution < -0.4 is 5.32 Å². The molecule has 0 aromatic heterocycles. The molecule has 3 nitrogen and oxygen atoms in total. The van der Waals surface area contributed by atoms with Crippen LogP contribution in [0.5, 0.6) is 0 Å². The van der Waals surface area contributed by atoms with Crippen molar-refractivity contribution in [3.63, 3.8) is 0 Å². The molecule has 4 heteroatoms. The SMILES string of the molecule is CC(CNCc1ccc(Cl)cc1)C(=O)O. The zero-order valence-electron chi connectivity index (χ0n) is 8.53. The van der Waals surface area contributed by atoms with Gasteiger partial charge in [0, 0.05) is 18.1 Å². The van der Waals surface area contributed by atoms with Crippen LogP contribution in [-0.2, 0) is 11.3 Å². The zero-order chi connectivity index (χ0) is 11.3. The molecule has 2 N–H and O–H groups in total. The zero-order valence-corrected chi connectivity index (χ0v) is 9.29. The number of hydrogen-bond acceptors (Lipinski definition) is 2.